The molecule has 2 aromatic carbocycles. The highest BCUT2D eigenvalue weighted by atomic mass is 35.5. The van der Waals surface area contributed by atoms with Crippen molar-refractivity contribution in [3.05, 3.63) is 82.8 Å². The van der Waals surface area contributed by atoms with Gasteiger partial charge in [0.25, 0.3) is 0 Å². The normalized spacial score (nSPS) is 19.6. The Labute approximate surface area is 216 Å². The van der Waals surface area contributed by atoms with Gasteiger partial charge >= 0.3 is 6.18 Å². The summed E-state index contributed by atoms with van der Waals surface area (Å²) in [4.78, 5) is 2.90. The van der Waals surface area contributed by atoms with E-state index in [9.17, 15) is 23.4 Å². The molecule has 2 aromatic heterocycles. The van der Waals surface area contributed by atoms with Crippen LogP contribution in [0.25, 0.3) is 22.4 Å². The zero-order chi connectivity index (χ0) is 26.4. The highest BCUT2D eigenvalue weighted by Crippen LogP contribution is 2.47. The van der Waals surface area contributed by atoms with E-state index in [1.165, 1.54) is 6.20 Å². The van der Waals surface area contributed by atoms with Gasteiger partial charge in [0.2, 0.25) is 0 Å². The number of nitrogens with zero attached hydrogens (tertiary/aromatic N) is 2. The summed E-state index contributed by atoms with van der Waals surface area (Å²) >= 11 is 6.66. The maximum atomic E-state index is 14.2. The summed E-state index contributed by atoms with van der Waals surface area (Å²) in [7, 11) is 0. The number of aliphatic hydroxyl groups excluding tert-OH is 1. The van der Waals surface area contributed by atoms with E-state index in [4.69, 9.17) is 16.3 Å². The molecule has 0 spiro atoms. The molecular formula is C27H25ClF3N3O3. The first-order valence-corrected chi connectivity index (χ1v) is 12.1. The Bertz CT molecular complexity index is 1410. The quantitative estimate of drug-likeness (QED) is 0.258. The van der Waals surface area contributed by atoms with E-state index in [1.807, 2.05) is 30.3 Å². The molecule has 0 aliphatic heterocycles. The van der Waals surface area contributed by atoms with Crippen LogP contribution in [0.2, 0.25) is 5.02 Å². The summed E-state index contributed by atoms with van der Waals surface area (Å²) < 4.78 is 49.5. The number of nitrogens with one attached hydrogen (secondary N) is 1. The fourth-order valence-electron chi connectivity index (χ4n) is 4.90. The van der Waals surface area contributed by atoms with Gasteiger partial charge in [-0.2, -0.15) is 18.3 Å². The minimum atomic E-state index is -4.70. The lowest BCUT2D eigenvalue weighted by Gasteiger charge is -2.41. The Kier molecular flexibility index (Phi) is 6.55. The van der Waals surface area contributed by atoms with Crippen molar-refractivity contribution in [2.24, 2.45) is 0 Å². The second-order valence-electron chi connectivity index (χ2n) is 9.51. The Morgan fingerprint density at radius 3 is 2.49 bits per heavy atom. The lowest BCUT2D eigenvalue weighted by Crippen LogP contribution is -2.43. The predicted molar refractivity (Wildman–Crippen MR) is 133 cm³/mol. The van der Waals surface area contributed by atoms with Gasteiger partial charge < -0.3 is 19.9 Å². The van der Waals surface area contributed by atoms with Crippen LogP contribution in [-0.2, 0) is 19.4 Å². The summed E-state index contributed by atoms with van der Waals surface area (Å²) in [5, 5.41) is 24.6. The van der Waals surface area contributed by atoms with E-state index in [2.05, 4.69) is 10.1 Å². The topological polar surface area (TPSA) is 83.3 Å². The van der Waals surface area contributed by atoms with E-state index in [-0.39, 0.29) is 41.3 Å². The van der Waals surface area contributed by atoms with Gasteiger partial charge in [0.1, 0.15) is 12.4 Å². The van der Waals surface area contributed by atoms with Gasteiger partial charge in [0.05, 0.1) is 35.2 Å². The molecule has 6 nitrogen and oxygen atoms in total. The summed E-state index contributed by atoms with van der Waals surface area (Å²) in [6, 6.07) is 14.1. The van der Waals surface area contributed by atoms with E-state index < -0.39 is 30.1 Å². The van der Waals surface area contributed by atoms with Crippen LogP contribution in [0, 0.1) is 0 Å². The average Bonchev–Trinajstić information content (AvgIpc) is 3.46. The molecule has 5 rings (SSSR count). The van der Waals surface area contributed by atoms with Crippen molar-refractivity contribution < 1.29 is 28.1 Å². The van der Waals surface area contributed by atoms with Crippen LogP contribution in [0.3, 0.4) is 0 Å². The number of aromatic amines is 1. The molecule has 1 aliphatic carbocycles. The summed E-state index contributed by atoms with van der Waals surface area (Å²) in [5.41, 5.74) is 0.161. The van der Waals surface area contributed by atoms with Crippen LogP contribution in [-0.4, -0.2) is 30.6 Å². The standard InChI is InChI=1S/C27H25ClF3N3O3/c1-26(36)10-17(11-26)34-25(27(29,30)31)20(13-33-34)24-21(14-35)19(12-32-24)18-8-5-9-22(23(18)28)37-15-16-6-3-2-4-7-16/h2-9,12-13,17,32,35-36H,10-11,14-15H2,1H3. The third-order valence-corrected chi connectivity index (χ3v) is 7.06. The lowest BCUT2D eigenvalue weighted by atomic mass is 9.77. The van der Waals surface area contributed by atoms with Crippen molar-refractivity contribution >= 4 is 11.6 Å². The number of aromatic nitrogens is 3. The Hall–Kier alpha value is -3.27. The molecule has 1 saturated carbocycles. The van der Waals surface area contributed by atoms with E-state index in [0.717, 1.165) is 16.4 Å². The molecule has 4 aromatic rings. The highest BCUT2D eigenvalue weighted by Gasteiger charge is 2.46. The SMILES string of the molecule is CC1(O)CC(n2ncc(-c3[nH]cc(-c4cccc(OCc5ccccc5)c4Cl)c3CO)c2C(F)(F)F)C1. The van der Waals surface area contributed by atoms with Gasteiger partial charge in [-0.25, -0.2) is 0 Å². The first-order chi connectivity index (χ1) is 17.6. The molecular weight excluding hydrogens is 507 g/mol. The highest BCUT2D eigenvalue weighted by molar-refractivity contribution is 6.34. The first-order valence-electron chi connectivity index (χ1n) is 11.7. The van der Waals surface area contributed by atoms with Crippen molar-refractivity contribution in [3.8, 4) is 28.1 Å². The molecule has 0 atom stereocenters. The van der Waals surface area contributed by atoms with Crippen molar-refractivity contribution in [1.82, 2.24) is 14.8 Å². The number of benzene rings is 2. The zero-order valence-corrected chi connectivity index (χ0v) is 20.6. The molecule has 1 aliphatic rings. The van der Waals surface area contributed by atoms with Crippen LogP contribution < -0.4 is 4.74 Å². The third-order valence-electron chi connectivity index (χ3n) is 6.67. The van der Waals surface area contributed by atoms with Crippen molar-refractivity contribution in [2.45, 2.75) is 50.8 Å². The van der Waals surface area contributed by atoms with Crippen molar-refractivity contribution in [3.63, 3.8) is 0 Å². The number of alkyl halides is 3. The van der Waals surface area contributed by atoms with Gasteiger partial charge in [-0.05, 0) is 31.4 Å². The maximum Gasteiger partial charge on any atom is 0.433 e. The Morgan fingerprint density at radius 1 is 1.11 bits per heavy atom. The fraction of sp³-hybridized carbons (Fsp3) is 0.296. The summed E-state index contributed by atoms with van der Waals surface area (Å²) in [6.45, 7) is 1.35. The minimum absolute atomic E-state index is 0.105. The number of hydrogen-bond donors (Lipinski definition) is 3. The molecule has 194 valence electrons. The van der Waals surface area contributed by atoms with Gasteiger partial charge in [-0.3, -0.25) is 4.68 Å². The van der Waals surface area contributed by atoms with Crippen molar-refractivity contribution in [1.29, 1.82) is 0 Å². The number of ether oxygens (including phenoxy) is 1. The van der Waals surface area contributed by atoms with E-state index in [1.54, 1.807) is 25.1 Å². The van der Waals surface area contributed by atoms with Gasteiger partial charge in [-0.15, -0.1) is 0 Å². The van der Waals surface area contributed by atoms with Gasteiger partial charge in [0, 0.05) is 28.5 Å². The molecule has 0 unspecified atom stereocenters. The zero-order valence-electron chi connectivity index (χ0n) is 19.9. The first kappa shape index (κ1) is 25.4. The van der Waals surface area contributed by atoms with Crippen LogP contribution in [0.5, 0.6) is 5.75 Å². The largest absolute Gasteiger partial charge is 0.487 e. The number of H-pyrrole nitrogens is 1. The molecule has 0 saturated heterocycles. The Morgan fingerprint density at radius 2 is 1.84 bits per heavy atom. The Balaban J connectivity index is 1.51. The molecule has 2 heterocycles. The molecule has 0 amide bonds. The number of halogens is 4. The second-order valence-corrected chi connectivity index (χ2v) is 9.89. The number of aliphatic hydroxyl groups is 2. The fourth-order valence-corrected chi connectivity index (χ4v) is 5.18. The van der Waals surface area contributed by atoms with Crippen LogP contribution in [0.4, 0.5) is 13.2 Å². The molecule has 10 heteroatoms. The van der Waals surface area contributed by atoms with Crippen molar-refractivity contribution in [2.75, 3.05) is 0 Å². The smallest absolute Gasteiger partial charge is 0.433 e. The van der Waals surface area contributed by atoms with Gasteiger partial charge in [-0.1, -0.05) is 54.1 Å². The predicted octanol–water partition coefficient (Wildman–Crippen LogP) is 6.37. The average molecular weight is 532 g/mol. The number of hydrogen-bond acceptors (Lipinski definition) is 4. The monoisotopic (exact) mass is 531 g/mol. The summed E-state index contributed by atoms with van der Waals surface area (Å²) in [6.07, 6.45) is -1.69. The minimum Gasteiger partial charge on any atom is -0.487 e. The lowest BCUT2D eigenvalue weighted by molar-refractivity contribution is -0.148. The molecule has 3 N–H and O–H groups in total. The number of rotatable bonds is 7. The molecule has 1 fully saturated rings. The maximum absolute atomic E-state index is 14.2. The molecule has 37 heavy (non-hydrogen) atoms. The van der Waals surface area contributed by atoms with Crippen LogP contribution >= 0.6 is 11.6 Å². The van der Waals surface area contributed by atoms with E-state index in [0.29, 0.717) is 16.9 Å². The second kappa shape index (κ2) is 9.55. The summed E-state index contributed by atoms with van der Waals surface area (Å²) in [5.74, 6) is 0.412. The van der Waals surface area contributed by atoms with Gasteiger partial charge in [0.15, 0.2) is 5.69 Å². The third kappa shape index (κ3) is 4.86. The molecule has 0 radical (unpaired) electrons. The molecule has 0 bridgehead atoms. The van der Waals surface area contributed by atoms with Crippen LogP contribution in [0.15, 0.2) is 60.9 Å². The van der Waals surface area contributed by atoms with Crippen LogP contribution in [0.1, 0.15) is 42.6 Å². The van der Waals surface area contributed by atoms with E-state index >= 15 is 0 Å².